The minimum Gasteiger partial charge on any atom is -0.348 e. The van der Waals surface area contributed by atoms with Gasteiger partial charge in [-0.1, -0.05) is 11.8 Å². The van der Waals surface area contributed by atoms with Crippen LogP contribution >= 0.6 is 0 Å². The highest BCUT2D eigenvalue weighted by Crippen LogP contribution is 1.47. The summed E-state index contributed by atoms with van der Waals surface area (Å²) in [7, 11) is 0. The van der Waals surface area contributed by atoms with Crippen LogP contribution in [0.3, 0.4) is 0 Å². The van der Waals surface area contributed by atoms with Gasteiger partial charge in [0, 0.05) is 0 Å². The number of carbonyl (C=O) groups excluding carboxylic acids is 1. The quantitative estimate of drug-likeness (QED) is 0.212. The maximum absolute atomic E-state index is 9.53. The molecule has 0 radical (unpaired) electrons. The lowest BCUT2D eigenvalue weighted by Crippen LogP contribution is -2.09. The lowest BCUT2D eigenvalue weighted by molar-refractivity contribution is -0.109. The fourth-order valence-corrected chi connectivity index (χ4v) is 0.195. The summed E-state index contributed by atoms with van der Waals surface area (Å²) in [4.78, 5) is 9.53. The Morgan fingerprint density at radius 1 is 1.75 bits per heavy atom. The zero-order valence-corrected chi connectivity index (χ0v) is 4.27. The van der Waals surface area contributed by atoms with Crippen LogP contribution in [0.4, 0.5) is 0 Å². The van der Waals surface area contributed by atoms with Gasteiger partial charge >= 0.3 is 0 Å². The molecule has 0 aromatic heterocycles. The van der Waals surface area contributed by atoms with Crippen LogP contribution in [0.1, 0.15) is 0 Å². The van der Waals surface area contributed by atoms with Crippen LogP contribution in [-0.4, -0.2) is 19.2 Å². The van der Waals surface area contributed by atoms with E-state index < -0.39 is 0 Å². The molecule has 3 heteroatoms. The van der Waals surface area contributed by atoms with Gasteiger partial charge in [-0.25, -0.2) is 0 Å². The van der Waals surface area contributed by atoms with Crippen molar-refractivity contribution < 1.29 is 4.79 Å². The Hall–Kier alpha value is -1.30. The van der Waals surface area contributed by atoms with E-state index in [2.05, 4.69) is 17.2 Å². The summed E-state index contributed by atoms with van der Waals surface area (Å²) in [6.07, 6.45) is 1.55. The van der Waals surface area contributed by atoms with E-state index in [1.165, 1.54) is 0 Å². The van der Waals surface area contributed by atoms with E-state index in [9.17, 15) is 4.79 Å². The average Bonchev–Trinajstić information content (AvgIpc) is 1.81. The Morgan fingerprint density at radius 2 is 2.50 bits per heavy atom. The molecule has 0 aliphatic heterocycles. The van der Waals surface area contributed by atoms with Crippen LogP contribution in [0, 0.1) is 17.3 Å². The van der Waals surface area contributed by atoms with E-state index in [1.807, 2.05) is 0 Å². The van der Waals surface area contributed by atoms with Crippen molar-refractivity contribution in [3.63, 3.8) is 0 Å². The van der Waals surface area contributed by atoms with E-state index >= 15 is 0 Å². The molecule has 0 aromatic rings. The van der Waals surface area contributed by atoms with Gasteiger partial charge in [0.15, 0.2) is 0 Å². The molecule has 0 saturated heterocycles. The highest BCUT2D eigenvalue weighted by atomic mass is 16.1. The molecule has 0 saturated carbocycles. The number of hydrogen-bond donors (Lipinski definition) is 2. The van der Waals surface area contributed by atoms with E-state index in [0.717, 1.165) is 6.21 Å². The van der Waals surface area contributed by atoms with Crippen LogP contribution in [-0.2, 0) is 4.79 Å². The van der Waals surface area contributed by atoms with E-state index in [-0.39, 0.29) is 0 Å². The number of nitrogens with one attached hydrogen (secondary N) is 2. The summed E-state index contributed by atoms with van der Waals surface area (Å²) >= 11 is 0. The highest BCUT2D eigenvalue weighted by Gasteiger charge is 1.66. The van der Waals surface area contributed by atoms with Crippen molar-refractivity contribution in [3.05, 3.63) is 0 Å². The molecule has 42 valence electrons. The molecule has 0 fully saturated rings. The van der Waals surface area contributed by atoms with Gasteiger partial charge in [-0.05, 0) is 0 Å². The van der Waals surface area contributed by atoms with Crippen molar-refractivity contribution in [2.75, 3.05) is 6.54 Å². The lowest BCUT2D eigenvalue weighted by Gasteiger charge is -1.80. The molecule has 0 atom stereocenters. The second-order valence-electron chi connectivity index (χ2n) is 0.964. The maximum atomic E-state index is 9.53. The first-order chi connectivity index (χ1) is 3.91. The number of rotatable bonds is 2. The summed E-state index contributed by atoms with van der Waals surface area (Å²) in [6.45, 7) is 0.318. The largest absolute Gasteiger partial charge is 0.348 e. The summed E-state index contributed by atoms with van der Waals surface area (Å²) in [5, 5.41) is 8.75. The van der Waals surface area contributed by atoms with Crippen molar-refractivity contribution in [2.24, 2.45) is 0 Å². The van der Waals surface area contributed by atoms with E-state index in [1.54, 1.807) is 0 Å². The normalized spacial score (nSPS) is 6.00. The van der Waals surface area contributed by atoms with Crippen LogP contribution < -0.4 is 5.32 Å². The Labute approximate surface area is 47.6 Å². The first-order valence-corrected chi connectivity index (χ1v) is 2.06. The van der Waals surface area contributed by atoms with Crippen LogP contribution in [0.15, 0.2) is 0 Å². The molecule has 0 unspecified atom stereocenters. The molecular weight excluding hydrogens is 104 g/mol. The first-order valence-electron chi connectivity index (χ1n) is 2.06. The molecule has 0 rings (SSSR count). The molecule has 0 aliphatic rings. The highest BCUT2D eigenvalue weighted by molar-refractivity contribution is 5.75. The topological polar surface area (TPSA) is 53.0 Å². The molecule has 0 spiro atoms. The molecular formula is C5H6N2O. The van der Waals surface area contributed by atoms with Gasteiger partial charge in [-0.15, -0.1) is 0 Å². The molecule has 1 amide bonds. The second-order valence-corrected chi connectivity index (χ2v) is 0.964. The molecule has 2 N–H and O–H groups in total. The molecule has 0 aromatic carbocycles. The van der Waals surface area contributed by atoms with E-state index in [0.29, 0.717) is 13.0 Å². The Balaban J connectivity index is 3.14. The fourth-order valence-electron chi connectivity index (χ4n) is 0.195. The maximum Gasteiger partial charge on any atom is 0.207 e. The van der Waals surface area contributed by atoms with Gasteiger partial charge in [0.1, 0.15) is 0 Å². The van der Waals surface area contributed by atoms with Crippen LogP contribution in [0.5, 0.6) is 0 Å². The number of carbonyl (C=O) groups is 1. The Kier molecular flexibility index (Phi) is 4.77. The van der Waals surface area contributed by atoms with Crippen LogP contribution in [0.25, 0.3) is 0 Å². The predicted octanol–water partition coefficient (Wildman–Crippen LogP) is -0.615. The molecule has 3 nitrogen and oxygen atoms in total. The molecule has 8 heavy (non-hydrogen) atoms. The van der Waals surface area contributed by atoms with Gasteiger partial charge in [0.05, 0.1) is 12.8 Å². The predicted molar refractivity (Wildman–Crippen MR) is 30.6 cm³/mol. The zero-order valence-electron chi connectivity index (χ0n) is 4.27. The van der Waals surface area contributed by atoms with Crippen molar-refractivity contribution in [3.8, 4) is 11.8 Å². The molecule has 0 heterocycles. The second kappa shape index (κ2) is 5.70. The van der Waals surface area contributed by atoms with E-state index in [4.69, 9.17) is 5.41 Å². The third-order valence-electron chi connectivity index (χ3n) is 0.448. The third-order valence-corrected chi connectivity index (χ3v) is 0.448. The number of hydrogen-bond acceptors (Lipinski definition) is 2. The van der Waals surface area contributed by atoms with Crippen molar-refractivity contribution in [1.29, 1.82) is 5.41 Å². The van der Waals surface area contributed by atoms with Gasteiger partial charge in [-0.2, -0.15) is 0 Å². The summed E-state index contributed by atoms with van der Waals surface area (Å²) in [5.74, 6) is 4.85. The fraction of sp³-hybridized carbons (Fsp3) is 0.200. The molecule has 0 aliphatic carbocycles. The van der Waals surface area contributed by atoms with Gasteiger partial charge < -0.3 is 5.32 Å². The molecule has 0 bridgehead atoms. The van der Waals surface area contributed by atoms with Crippen molar-refractivity contribution in [1.82, 2.24) is 5.32 Å². The first kappa shape index (κ1) is 6.70. The van der Waals surface area contributed by atoms with Crippen molar-refractivity contribution in [2.45, 2.75) is 0 Å². The Morgan fingerprint density at radius 3 is 3.00 bits per heavy atom. The minimum absolute atomic E-state index is 0.318. The Bertz CT molecular complexity index is 131. The van der Waals surface area contributed by atoms with Crippen molar-refractivity contribution >= 4 is 12.6 Å². The van der Waals surface area contributed by atoms with Gasteiger partial charge in [0.25, 0.3) is 0 Å². The lowest BCUT2D eigenvalue weighted by atomic mass is 10.6. The summed E-state index contributed by atoms with van der Waals surface area (Å²) in [6, 6.07) is 0. The monoisotopic (exact) mass is 110 g/mol. The minimum atomic E-state index is 0.318. The zero-order chi connectivity index (χ0) is 6.24. The number of amides is 1. The van der Waals surface area contributed by atoms with Gasteiger partial charge in [-0.3, -0.25) is 10.2 Å². The SMILES string of the molecule is N=CC#CCNC=O. The van der Waals surface area contributed by atoms with Gasteiger partial charge in [0.2, 0.25) is 6.41 Å². The third kappa shape index (κ3) is 4.70. The average molecular weight is 110 g/mol. The smallest absolute Gasteiger partial charge is 0.207 e. The standard InChI is InChI=1S/C5H6N2O/c6-3-1-2-4-7-5-8/h3,5-6H,4H2,(H,7,8). The summed E-state index contributed by atoms with van der Waals surface area (Å²) < 4.78 is 0. The van der Waals surface area contributed by atoms with Crippen LogP contribution in [0.2, 0.25) is 0 Å². The summed E-state index contributed by atoms with van der Waals surface area (Å²) in [5.41, 5.74) is 0.